The third-order valence-corrected chi connectivity index (χ3v) is 6.54. The van der Waals surface area contributed by atoms with E-state index < -0.39 is 0 Å². The third-order valence-electron chi connectivity index (χ3n) is 6.54. The predicted octanol–water partition coefficient (Wildman–Crippen LogP) is 3.37. The molecule has 2 aliphatic rings. The Hall–Kier alpha value is -1.11. The second kappa shape index (κ2) is 10.8. The second-order valence-electron chi connectivity index (χ2n) is 9.46. The van der Waals surface area contributed by atoms with Crippen molar-refractivity contribution in [2.45, 2.75) is 71.9 Å². The van der Waals surface area contributed by atoms with Crippen molar-refractivity contribution in [1.82, 2.24) is 20.0 Å². The minimum atomic E-state index is 0.430. The Morgan fingerprint density at radius 1 is 0.966 bits per heavy atom. The van der Waals surface area contributed by atoms with E-state index in [-0.39, 0.29) is 0 Å². The van der Waals surface area contributed by atoms with E-state index in [1.54, 1.807) is 0 Å². The Morgan fingerprint density at radius 2 is 1.62 bits per heavy atom. The zero-order valence-corrected chi connectivity index (χ0v) is 19.4. The van der Waals surface area contributed by atoms with Gasteiger partial charge in [-0.25, -0.2) is 0 Å². The van der Waals surface area contributed by atoms with Crippen LogP contribution in [0.1, 0.15) is 70.6 Å². The van der Waals surface area contributed by atoms with E-state index >= 15 is 0 Å². The number of hydrogen-bond acceptors (Lipinski definition) is 5. The molecule has 0 amide bonds. The van der Waals surface area contributed by atoms with Gasteiger partial charge in [-0.05, 0) is 37.8 Å². The summed E-state index contributed by atoms with van der Waals surface area (Å²) in [4.78, 5) is 5.19. The van der Waals surface area contributed by atoms with Crippen LogP contribution in [-0.4, -0.2) is 66.7 Å². The van der Waals surface area contributed by atoms with Gasteiger partial charge in [-0.2, -0.15) is 5.10 Å². The standard InChI is InChI=1S/C23H43N5O/c1-18(2)21(27-10-8-6-7-9-11-27)17-24-16-20-22(19(3)4)25-26(5)23(20)28-12-14-29-15-13-28/h18-19,21,24H,6-17H2,1-5H3. The molecule has 0 bridgehead atoms. The van der Waals surface area contributed by atoms with Gasteiger partial charge >= 0.3 is 0 Å². The molecule has 166 valence electrons. The minimum Gasteiger partial charge on any atom is -0.378 e. The first-order valence-electron chi connectivity index (χ1n) is 11.8. The first-order chi connectivity index (χ1) is 14.0. The third kappa shape index (κ3) is 5.74. The van der Waals surface area contributed by atoms with Crippen molar-refractivity contribution in [3.05, 3.63) is 11.3 Å². The van der Waals surface area contributed by atoms with Gasteiger partial charge in [-0.3, -0.25) is 9.58 Å². The zero-order chi connectivity index (χ0) is 20.8. The Bertz CT molecular complexity index is 613. The van der Waals surface area contributed by atoms with E-state index in [4.69, 9.17) is 9.84 Å². The van der Waals surface area contributed by atoms with Crippen LogP contribution in [0.2, 0.25) is 0 Å². The lowest BCUT2D eigenvalue weighted by atomic mass is 10.0. The summed E-state index contributed by atoms with van der Waals surface area (Å²) < 4.78 is 7.67. The molecule has 29 heavy (non-hydrogen) atoms. The van der Waals surface area contributed by atoms with Crippen molar-refractivity contribution < 1.29 is 4.74 Å². The summed E-state index contributed by atoms with van der Waals surface area (Å²) in [5, 5.41) is 8.74. The summed E-state index contributed by atoms with van der Waals surface area (Å²) in [7, 11) is 2.09. The predicted molar refractivity (Wildman–Crippen MR) is 121 cm³/mol. The number of nitrogens with one attached hydrogen (secondary N) is 1. The molecule has 1 aromatic rings. The lowest BCUT2D eigenvalue weighted by Gasteiger charge is -2.34. The average molecular weight is 406 g/mol. The van der Waals surface area contributed by atoms with Crippen molar-refractivity contribution in [2.75, 3.05) is 50.8 Å². The van der Waals surface area contributed by atoms with E-state index in [9.17, 15) is 0 Å². The maximum absolute atomic E-state index is 5.58. The average Bonchev–Trinajstić information content (AvgIpc) is 2.85. The second-order valence-corrected chi connectivity index (χ2v) is 9.46. The number of anilines is 1. The maximum atomic E-state index is 5.58. The maximum Gasteiger partial charge on any atom is 0.131 e. The molecule has 1 atom stereocenters. The van der Waals surface area contributed by atoms with Crippen LogP contribution >= 0.6 is 0 Å². The lowest BCUT2D eigenvalue weighted by Crippen LogP contribution is -2.46. The van der Waals surface area contributed by atoms with Gasteiger partial charge in [0.1, 0.15) is 5.82 Å². The first-order valence-corrected chi connectivity index (χ1v) is 11.8. The molecule has 2 aliphatic heterocycles. The van der Waals surface area contributed by atoms with Crippen molar-refractivity contribution in [2.24, 2.45) is 13.0 Å². The van der Waals surface area contributed by atoms with Gasteiger partial charge in [0.25, 0.3) is 0 Å². The molecule has 3 rings (SSSR count). The van der Waals surface area contributed by atoms with Crippen LogP contribution in [-0.2, 0) is 18.3 Å². The molecule has 3 heterocycles. The fourth-order valence-corrected chi connectivity index (χ4v) is 4.94. The van der Waals surface area contributed by atoms with E-state index in [1.807, 2.05) is 0 Å². The molecular weight excluding hydrogens is 362 g/mol. The van der Waals surface area contributed by atoms with Gasteiger partial charge in [-0.15, -0.1) is 0 Å². The summed E-state index contributed by atoms with van der Waals surface area (Å²) in [5.74, 6) is 2.37. The molecule has 0 aromatic carbocycles. The van der Waals surface area contributed by atoms with Gasteiger partial charge in [0, 0.05) is 44.8 Å². The van der Waals surface area contributed by atoms with Crippen LogP contribution in [0.3, 0.4) is 0 Å². The Morgan fingerprint density at radius 3 is 2.21 bits per heavy atom. The Labute approximate surface area is 178 Å². The quantitative estimate of drug-likeness (QED) is 0.718. The SMILES string of the molecule is CC(C)c1nn(C)c(N2CCOCC2)c1CNCC(C(C)C)N1CCCCCC1. The summed E-state index contributed by atoms with van der Waals surface area (Å²) in [5.41, 5.74) is 2.61. The normalized spacial score (nSPS) is 20.4. The number of ether oxygens (including phenoxy) is 1. The number of morpholine rings is 1. The largest absolute Gasteiger partial charge is 0.378 e. The van der Waals surface area contributed by atoms with Crippen molar-refractivity contribution >= 4 is 5.82 Å². The van der Waals surface area contributed by atoms with Crippen LogP contribution < -0.4 is 10.2 Å². The first kappa shape index (κ1) is 22.6. The van der Waals surface area contributed by atoms with Gasteiger partial charge < -0.3 is 15.0 Å². The highest BCUT2D eigenvalue weighted by molar-refractivity contribution is 5.51. The van der Waals surface area contributed by atoms with Crippen LogP contribution in [0.15, 0.2) is 0 Å². The fourth-order valence-electron chi connectivity index (χ4n) is 4.94. The molecule has 2 saturated heterocycles. The topological polar surface area (TPSA) is 45.6 Å². The van der Waals surface area contributed by atoms with Crippen molar-refractivity contribution in [3.63, 3.8) is 0 Å². The Kier molecular flexibility index (Phi) is 8.39. The number of hydrogen-bond donors (Lipinski definition) is 1. The molecule has 1 aromatic heterocycles. The minimum absolute atomic E-state index is 0.430. The number of aryl methyl sites for hydroxylation is 1. The van der Waals surface area contributed by atoms with Gasteiger partial charge in [0.05, 0.1) is 18.9 Å². The number of likely N-dealkylation sites (tertiary alicyclic amines) is 1. The summed E-state index contributed by atoms with van der Waals surface area (Å²) in [6.07, 6.45) is 5.49. The van der Waals surface area contributed by atoms with Gasteiger partial charge in [-0.1, -0.05) is 40.5 Å². The van der Waals surface area contributed by atoms with Crippen molar-refractivity contribution in [1.29, 1.82) is 0 Å². The molecule has 6 heteroatoms. The molecule has 1 unspecified atom stereocenters. The monoisotopic (exact) mass is 405 g/mol. The molecule has 0 saturated carbocycles. The number of aromatic nitrogens is 2. The summed E-state index contributed by atoms with van der Waals surface area (Å²) in [6.45, 7) is 17.2. The van der Waals surface area contributed by atoms with E-state index in [0.717, 1.165) is 39.4 Å². The van der Waals surface area contributed by atoms with Gasteiger partial charge in [0.2, 0.25) is 0 Å². The number of nitrogens with zero attached hydrogens (tertiary/aromatic N) is 4. The van der Waals surface area contributed by atoms with E-state index in [1.165, 1.54) is 55.8 Å². The molecule has 0 spiro atoms. The molecule has 2 fully saturated rings. The number of rotatable bonds is 8. The highest BCUT2D eigenvalue weighted by atomic mass is 16.5. The van der Waals surface area contributed by atoms with Gasteiger partial charge in [0.15, 0.2) is 0 Å². The highest BCUT2D eigenvalue weighted by Gasteiger charge is 2.26. The van der Waals surface area contributed by atoms with E-state index in [0.29, 0.717) is 17.9 Å². The van der Waals surface area contributed by atoms with Crippen LogP contribution in [0.4, 0.5) is 5.82 Å². The van der Waals surface area contributed by atoms with E-state index in [2.05, 4.69) is 54.5 Å². The molecule has 0 aliphatic carbocycles. The summed E-state index contributed by atoms with van der Waals surface area (Å²) in [6, 6.07) is 0.610. The molecular formula is C23H43N5O. The molecule has 6 nitrogen and oxygen atoms in total. The van der Waals surface area contributed by atoms with Crippen LogP contribution in [0.25, 0.3) is 0 Å². The Balaban J connectivity index is 1.71. The van der Waals surface area contributed by atoms with Crippen molar-refractivity contribution in [3.8, 4) is 0 Å². The van der Waals surface area contributed by atoms with Crippen LogP contribution in [0.5, 0.6) is 0 Å². The molecule has 0 radical (unpaired) electrons. The zero-order valence-electron chi connectivity index (χ0n) is 19.4. The lowest BCUT2D eigenvalue weighted by molar-refractivity contribution is 0.122. The summed E-state index contributed by atoms with van der Waals surface area (Å²) >= 11 is 0. The fraction of sp³-hybridized carbons (Fsp3) is 0.870. The smallest absolute Gasteiger partial charge is 0.131 e. The molecule has 1 N–H and O–H groups in total. The highest BCUT2D eigenvalue weighted by Crippen LogP contribution is 2.29. The van der Waals surface area contributed by atoms with Crippen LogP contribution in [0, 0.1) is 5.92 Å².